The zero-order valence-corrected chi connectivity index (χ0v) is 16.3. The van der Waals surface area contributed by atoms with Crippen molar-refractivity contribution >= 4 is 0 Å². The van der Waals surface area contributed by atoms with Gasteiger partial charge in [-0.05, 0) is 37.0 Å². The van der Waals surface area contributed by atoms with Gasteiger partial charge in [0.05, 0.1) is 0 Å². The molecule has 3 nitrogen and oxygen atoms in total. The fraction of sp³-hybridized carbons (Fsp3) is 0.714. The molecule has 0 saturated heterocycles. The molecule has 1 rings (SSSR count). The first-order chi connectivity index (χ1) is 11.3. The van der Waals surface area contributed by atoms with Crippen LogP contribution >= 0.6 is 0 Å². The van der Waals surface area contributed by atoms with Crippen molar-refractivity contribution in [1.29, 1.82) is 0 Å². The van der Waals surface area contributed by atoms with E-state index in [4.69, 9.17) is 0 Å². The molecule has 3 atom stereocenters. The first-order valence-electron chi connectivity index (χ1n) is 9.61. The summed E-state index contributed by atoms with van der Waals surface area (Å²) < 4.78 is 0. The summed E-state index contributed by atoms with van der Waals surface area (Å²) in [5.74, 6) is 0.486. The van der Waals surface area contributed by atoms with Crippen LogP contribution in [0.5, 0.6) is 17.2 Å². The third kappa shape index (κ3) is 4.17. The van der Waals surface area contributed by atoms with Crippen LogP contribution in [0.4, 0.5) is 0 Å². The molecule has 0 aromatic heterocycles. The summed E-state index contributed by atoms with van der Waals surface area (Å²) in [6.07, 6.45) is 5.65. The molecule has 24 heavy (non-hydrogen) atoms. The molecule has 0 aliphatic heterocycles. The summed E-state index contributed by atoms with van der Waals surface area (Å²) in [6, 6.07) is 0. The van der Waals surface area contributed by atoms with Gasteiger partial charge in [0.1, 0.15) is 17.2 Å². The van der Waals surface area contributed by atoms with Crippen molar-refractivity contribution in [2.24, 2.45) is 0 Å². The first-order valence-corrected chi connectivity index (χ1v) is 9.61. The van der Waals surface area contributed by atoms with Crippen molar-refractivity contribution in [2.75, 3.05) is 0 Å². The van der Waals surface area contributed by atoms with Gasteiger partial charge in [-0.3, -0.25) is 0 Å². The molecular formula is C21H36O3. The van der Waals surface area contributed by atoms with Gasteiger partial charge in [-0.25, -0.2) is 0 Å². The molecule has 3 unspecified atom stereocenters. The Balaban J connectivity index is 3.64. The molecule has 3 heteroatoms. The van der Waals surface area contributed by atoms with E-state index in [1.807, 2.05) is 20.8 Å². The average Bonchev–Trinajstić information content (AvgIpc) is 2.47. The normalized spacial score (nSPS) is 15.2. The number of hydrogen-bond donors (Lipinski definition) is 3. The van der Waals surface area contributed by atoms with Crippen molar-refractivity contribution in [3.8, 4) is 17.2 Å². The molecule has 1 aromatic carbocycles. The Morgan fingerprint density at radius 3 is 0.917 bits per heavy atom. The highest BCUT2D eigenvalue weighted by atomic mass is 16.3. The molecule has 0 amide bonds. The highest BCUT2D eigenvalue weighted by Crippen LogP contribution is 2.52. The molecule has 138 valence electrons. The van der Waals surface area contributed by atoms with Crippen molar-refractivity contribution in [3.05, 3.63) is 16.7 Å². The highest BCUT2D eigenvalue weighted by Gasteiger charge is 2.30. The molecule has 0 aliphatic carbocycles. The van der Waals surface area contributed by atoms with E-state index >= 15 is 0 Å². The second-order valence-electron chi connectivity index (χ2n) is 7.36. The molecule has 0 aliphatic rings. The van der Waals surface area contributed by atoms with Crippen LogP contribution in [0.1, 0.15) is 115 Å². The van der Waals surface area contributed by atoms with Gasteiger partial charge in [-0.15, -0.1) is 0 Å². The monoisotopic (exact) mass is 336 g/mol. The summed E-state index contributed by atoms with van der Waals surface area (Å²) in [5.41, 5.74) is 1.85. The van der Waals surface area contributed by atoms with E-state index in [9.17, 15) is 15.3 Å². The zero-order chi connectivity index (χ0) is 18.4. The Morgan fingerprint density at radius 2 is 0.750 bits per heavy atom. The number of hydrogen-bond acceptors (Lipinski definition) is 3. The van der Waals surface area contributed by atoms with E-state index in [-0.39, 0.29) is 35.0 Å². The predicted octanol–water partition coefficient (Wildman–Crippen LogP) is 6.51. The van der Waals surface area contributed by atoms with Crippen LogP contribution in [-0.4, -0.2) is 15.3 Å². The van der Waals surface area contributed by atoms with Gasteiger partial charge in [0.25, 0.3) is 0 Å². The quantitative estimate of drug-likeness (QED) is 0.481. The second-order valence-corrected chi connectivity index (χ2v) is 7.36. The van der Waals surface area contributed by atoms with E-state index in [1.165, 1.54) is 0 Å². The van der Waals surface area contributed by atoms with E-state index < -0.39 is 0 Å². The number of benzene rings is 1. The van der Waals surface area contributed by atoms with Crippen LogP contribution < -0.4 is 0 Å². The summed E-state index contributed by atoms with van der Waals surface area (Å²) in [6.45, 7) is 12.4. The first kappa shape index (κ1) is 20.7. The number of phenolic OH excluding ortho intramolecular Hbond substituents is 3. The summed E-state index contributed by atoms with van der Waals surface area (Å²) in [4.78, 5) is 0. The Kier molecular flexibility index (Phi) is 7.92. The maximum atomic E-state index is 10.9. The third-order valence-corrected chi connectivity index (χ3v) is 5.17. The molecule has 3 N–H and O–H groups in total. The average molecular weight is 337 g/mol. The van der Waals surface area contributed by atoms with Crippen LogP contribution in [0.25, 0.3) is 0 Å². The SMILES string of the molecule is CCCC(C)c1c(O)c(C(C)CCC)c(O)c(C(C)CCC)c1O. The van der Waals surface area contributed by atoms with Crippen LogP contribution in [0.15, 0.2) is 0 Å². The Bertz CT molecular complexity index is 439. The molecular weight excluding hydrogens is 300 g/mol. The van der Waals surface area contributed by atoms with Crippen molar-refractivity contribution in [3.63, 3.8) is 0 Å². The fourth-order valence-electron chi connectivity index (χ4n) is 3.90. The van der Waals surface area contributed by atoms with Crippen molar-refractivity contribution < 1.29 is 15.3 Å². The molecule has 1 aromatic rings. The largest absolute Gasteiger partial charge is 0.507 e. The molecule has 0 spiro atoms. The standard InChI is InChI=1S/C21H36O3/c1-7-10-13(4)16-19(22)17(14(5)11-8-2)21(24)18(20(16)23)15(6)12-9-3/h13-15,22-24H,7-12H2,1-6H3. The molecule has 0 radical (unpaired) electrons. The Labute approximate surface area is 147 Å². The highest BCUT2D eigenvalue weighted by molar-refractivity contribution is 5.64. The topological polar surface area (TPSA) is 60.7 Å². The summed E-state index contributed by atoms with van der Waals surface area (Å²) in [5, 5.41) is 32.6. The lowest BCUT2D eigenvalue weighted by Crippen LogP contribution is -2.06. The van der Waals surface area contributed by atoms with E-state index in [2.05, 4.69) is 20.8 Å². The van der Waals surface area contributed by atoms with Crippen molar-refractivity contribution in [1.82, 2.24) is 0 Å². The van der Waals surface area contributed by atoms with Crippen molar-refractivity contribution in [2.45, 2.75) is 97.8 Å². The third-order valence-electron chi connectivity index (χ3n) is 5.17. The van der Waals surface area contributed by atoms with Gasteiger partial charge in [0, 0.05) is 16.7 Å². The zero-order valence-electron chi connectivity index (χ0n) is 16.3. The maximum absolute atomic E-state index is 10.9. The van der Waals surface area contributed by atoms with Crippen LogP contribution in [0.2, 0.25) is 0 Å². The molecule has 0 fully saturated rings. The molecule has 0 heterocycles. The number of aromatic hydroxyl groups is 3. The van der Waals surface area contributed by atoms with Gasteiger partial charge in [-0.2, -0.15) is 0 Å². The number of rotatable bonds is 9. The van der Waals surface area contributed by atoms with Gasteiger partial charge in [-0.1, -0.05) is 60.8 Å². The molecule has 0 bridgehead atoms. The van der Waals surface area contributed by atoms with Gasteiger partial charge >= 0.3 is 0 Å². The fourth-order valence-corrected chi connectivity index (χ4v) is 3.90. The van der Waals surface area contributed by atoms with Gasteiger partial charge in [0.15, 0.2) is 0 Å². The summed E-state index contributed by atoms with van der Waals surface area (Å²) in [7, 11) is 0. The number of phenols is 3. The second kappa shape index (κ2) is 9.19. The van der Waals surface area contributed by atoms with E-state index in [0.29, 0.717) is 16.7 Å². The van der Waals surface area contributed by atoms with E-state index in [0.717, 1.165) is 38.5 Å². The van der Waals surface area contributed by atoms with Gasteiger partial charge in [0.2, 0.25) is 0 Å². The molecule has 0 saturated carbocycles. The van der Waals surface area contributed by atoms with Crippen LogP contribution in [0, 0.1) is 0 Å². The Morgan fingerprint density at radius 1 is 0.542 bits per heavy atom. The smallest absolute Gasteiger partial charge is 0.129 e. The van der Waals surface area contributed by atoms with Crippen LogP contribution in [-0.2, 0) is 0 Å². The minimum absolute atomic E-state index is 0.0655. The Hall–Kier alpha value is -1.38. The minimum atomic E-state index is 0.0655. The maximum Gasteiger partial charge on any atom is 0.129 e. The summed E-state index contributed by atoms with van der Waals surface area (Å²) >= 11 is 0. The van der Waals surface area contributed by atoms with Gasteiger partial charge < -0.3 is 15.3 Å². The minimum Gasteiger partial charge on any atom is -0.507 e. The predicted molar refractivity (Wildman–Crippen MR) is 101 cm³/mol. The lowest BCUT2D eigenvalue weighted by molar-refractivity contribution is 0.383. The van der Waals surface area contributed by atoms with E-state index in [1.54, 1.807) is 0 Å². The lowest BCUT2D eigenvalue weighted by atomic mass is 9.81. The lowest BCUT2D eigenvalue weighted by Gasteiger charge is -2.26. The van der Waals surface area contributed by atoms with Crippen LogP contribution in [0.3, 0.4) is 0 Å².